The van der Waals surface area contributed by atoms with Gasteiger partial charge in [0.1, 0.15) is 0 Å². The van der Waals surface area contributed by atoms with E-state index in [0.717, 1.165) is 25.9 Å². The average molecular weight is 266 g/mol. The number of amides is 1. The van der Waals surface area contributed by atoms with E-state index in [1.54, 1.807) is 17.9 Å². The lowest BCUT2D eigenvalue weighted by atomic mass is 10.1. The second-order valence-electron chi connectivity index (χ2n) is 4.86. The molecular weight excluding hydrogens is 247 g/mol. The molecule has 0 saturated carbocycles. The Morgan fingerprint density at radius 1 is 1.47 bits per heavy atom. The molecule has 1 heterocycles. The predicted molar refractivity (Wildman–Crippen MR) is 70.3 cm³/mol. The van der Waals surface area contributed by atoms with Crippen LogP contribution in [0.25, 0.3) is 0 Å². The summed E-state index contributed by atoms with van der Waals surface area (Å²) in [6, 6.07) is 4.35. The molecule has 1 saturated heterocycles. The van der Waals surface area contributed by atoms with Crippen LogP contribution in [-0.4, -0.2) is 30.5 Å². The van der Waals surface area contributed by atoms with Crippen molar-refractivity contribution in [2.24, 2.45) is 5.73 Å². The van der Waals surface area contributed by atoms with E-state index in [-0.39, 0.29) is 24.3 Å². The zero-order chi connectivity index (χ0) is 13.8. The average Bonchev–Trinajstić information content (AvgIpc) is 2.90. The second kappa shape index (κ2) is 6.02. The van der Waals surface area contributed by atoms with Crippen molar-refractivity contribution in [1.29, 1.82) is 0 Å². The highest BCUT2D eigenvalue weighted by Gasteiger charge is 2.18. The highest BCUT2D eigenvalue weighted by molar-refractivity contribution is 5.78. The molecule has 1 atom stereocenters. The van der Waals surface area contributed by atoms with Gasteiger partial charge in [-0.2, -0.15) is 0 Å². The van der Waals surface area contributed by atoms with Gasteiger partial charge in [-0.3, -0.25) is 4.79 Å². The Morgan fingerprint density at radius 3 is 2.74 bits per heavy atom. The minimum absolute atomic E-state index is 0.0897. The highest BCUT2D eigenvalue weighted by Crippen LogP contribution is 2.21. The van der Waals surface area contributed by atoms with Crippen LogP contribution in [0.1, 0.15) is 31.4 Å². The van der Waals surface area contributed by atoms with Crippen LogP contribution >= 0.6 is 0 Å². The number of carbonyl (C=O) groups is 1. The molecule has 104 valence electrons. The smallest absolute Gasteiger partial charge is 0.260 e. The van der Waals surface area contributed by atoms with E-state index in [9.17, 15) is 9.18 Å². The van der Waals surface area contributed by atoms with Crippen LogP contribution in [0.3, 0.4) is 0 Å². The maximum absolute atomic E-state index is 13.7. The number of benzene rings is 1. The van der Waals surface area contributed by atoms with Gasteiger partial charge < -0.3 is 15.4 Å². The predicted octanol–water partition coefficient (Wildman–Crippen LogP) is 1.85. The number of carbonyl (C=O) groups excluding carboxylic acids is 1. The molecule has 2 N–H and O–H groups in total. The molecule has 2 rings (SSSR count). The molecule has 0 spiro atoms. The molecule has 0 aliphatic carbocycles. The third kappa shape index (κ3) is 3.44. The monoisotopic (exact) mass is 266 g/mol. The zero-order valence-corrected chi connectivity index (χ0v) is 11.1. The third-order valence-electron chi connectivity index (χ3n) is 3.29. The van der Waals surface area contributed by atoms with Crippen LogP contribution in [0.15, 0.2) is 18.2 Å². The summed E-state index contributed by atoms with van der Waals surface area (Å²) >= 11 is 0. The van der Waals surface area contributed by atoms with Gasteiger partial charge >= 0.3 is 0 Å². The Kier molecular flexibility index (Phi) is 4.37. The Hall–Kier alpha value is -1.62. The van der Waals surface area contributed by atoms with Crippen molar-refractivity contribution in [2.45, 2.75) is 25.8 Å². The molecule has 0 aromatic heterocycles. The standard InChI is InChI=1S/C14H19FN2O2/c1-10(16)11-4-5-13(12(15)8-11)19-9-14(18)17-6-2-3-7-17/h4-5,8,10H,2-3,6-7,9,16H2,1H3. The van der Waals surface area contributed by atoms with E-state index in [0.29, 0.717) is 5.56 Å². The molecule has 1 unspecified atom stereocenters. The van der Waals surface area contributed by atoms with Gasteiger partial charge in [-0.1, -0.05) is 6.07 Å². The highest BCUT2D eigenvalue weighted by atomic mass is 19.1. The van der Waals surface area contributed by atoms with Crippen LogP contribution in [0.4, 0.5) is 4.39 Å². The lowest BCUT2D eigenvalue weighted by Gasteiger charge is -2.16. The van der Waals surface area contributed by atoms with Crippen LogP contribution in [-0.2, 0) is 4.79 Å². The van der Waals surface area contributed by atoms with Gasteiger partial charge in [-0.25, -0.2) is 4.39 Å². The van der Waals surface area contributed by atoms with E-state index in [2.05, 4.69) is 0 Å². The number of likely N-dealkylation sites (tertiary alicyclic amines) is 1. The largest absolute Gasteiger partial charge is 0.481 e. The number of ether oxygens (including phenoxy) is 1. The van der Waals surface area contributed by atoms with Gasteiger partial charge in [0.15, 0.2) is 18.2 Å². The molecule has 1 aliphatic rings. The van der Waals surface area contributed by atoms with Gasteiger partial charge in [0, 0.05) is 19.1 Å². The van der Waals surface area contributed by atoms with Gasteiger partial charge in [-0.05, 0) is 37.5 Å². The van der Waals surface area contributed by atoms with Gasteiger partial charge in [0.05, 0.1) is 0 Å². The summed E-state index contributed by atoms with van der Waals surface area (Å²) < 4.78 is 19.0. The number of nitrogens with two attached hydrogens (primary N) is 1. The molecule has 1 aliphatic heterocycles. The van der Waals surface area contributed by atoms with Gasteiger partial charge in [-0.15, -0.1) is 0 Å². The van der Waals surface area contributed by atoms with Crippen molar-refractivity contribution < 1.29 is 13.9 Å². The lowest BCUT2D eigenvalue weighted by molar-refractivity contribution is -0.132. The van der Waals surface area contributed by atoms with Crippen molar-refractivity contribution >= 4 is 5.91 Å². The first-order valence-electron chi connectivity index (χ1n) is 6.53. The summed E-state index contributed by atoms with van der Waals surface area (Å²) in [4.78, 5) is 13.5. The number of rotatable bonds is 4. The third-order valence-corrected chi connectivity index (χ3v) is 3.29. The fraction of sp³-hybridized carbons (Fsp3) is 0.500. The zero-order valence-electron chi connectivity index (χ0n) is 11.1. The molecule has 0 radical (unpaired) electrons. The van der Waals surface area contributed by atoms with E-state index in [1.165, 1.54) is 12.1 Å². The molecule has 1 fully saturated rings. The lowest BCUT2D eigenvalue weighted by Crippen LogP contribution is -2.32. The maximum Gasteiger partial charge on any atom is 0.260 e. The first kappa shape index (κ1) is 13.8. The minimum Gasteiger partial charge on any atom is -0.481 e. The van der Waals surface area contributed by atoms with E-state index in [4.69, 9.17) is 10.5 Å². The van der Waals surface area contributed by atoms with Gasteiger partial charge in [0.25, 0.3) is 5.91 Å². The molecular formula is C14H19FN2O2. The van der Waals surface area contributed by atoms with Crippen molar-refractivity contribution in [3.05, 3.63) is 29.6 Å². The summed E-state index contributed by atoms with van der Waals surface area (Å²) in [6.45, 7) is 3.21. The molecule has 19 heavy (non-hydrogen) atoms. The molecule has 0 bridgehead atoms. The molecule has 5 heteroatoms. The number of nitrogens with zero attached hydrogens (tertiary/aromatic N) is 1. The number of hydrogen-bond acceptors (Lipinski definition) is 3. The second-order valence-corrected chi connectivity index (χ2v) is 4.86. The SMILES string of the molecule is CC(N)c1ccc(OCC(=O)N2CCCC2)c(F)c1. The van der Waals surface area contributed by atoms with Crippen molar-refractivity contribution in [3.8, 4) is 5.75 Å². The molecule has 4 nitrogen and oxygen atoms in total. The summed E-state index contributed by atoms with van der Waals surface area (Å²) in [5, 5.41) is 0. The Balaban J connectivity index is 1.94. The van der Waals surface area contributed by atoms with Crippen LogP contribution in [0.2, 0.25) is 0 Å². The quantitative estimate of drug-likeness (QED) is 0.904. The van der Waals surface area contributed by atoms with Crippen LogP contribution in [0, 0.1) is 5.82 Å². The fourth-order valence-electron chi connectivity index (χ4n) is 2.11. The van der Waals surface area contributed by atoms with Crippen LogP contribution < -0.4 is 10.5 Å². The summed E-state index contributed by atoms with van der Waals surface area (Å²) in [5.41, 5.74) is 6.37. The van der Waals surface area contributed by atoms with E-state index < -0.39 is 5.82 Å². The summed E-state index contributed by atoms with van der Waals surface area (Å²) in [6.07, 6.45) is 2.06. The number of halogens is 1. The Bertz CT molecular complexity index is 457. The molecule has 1 amide bonds. The first-order valence-corrected chi connectivity index (χ1v) is 6.53. The maximum atomic E-state index is 13.7. The molecule has 1 aromatic carbocycles. The Labute approximate surface area is 112 Å². The fourth-order valence-corrected chi connectivity index (χ4v) is 2.11. The Morgan fingerprint density at radius 2 is 2.16 bits per heavy atom. The molecule has 1 aromatic rings. The minimum atomic E-state index is -0.482. The van der Waals surface area contributed by atoms with Crippen LogP contribution in [0.5, 0.6) is 5.75 Å². The topological polar surface area (TPSA) is 55.6 Å². The van der Waals surface area contributed by atoms with Gasteiger partial charge in [0.2, 0.25) is 0 Å². The summed E-state index contributed by atoms with van der Waals surface area (Å²) in [7, 11) is 0. The van der Waals surface area contributed by atoms with Crippen molar-refractivity contribution in [3.63, 3.8) is 0 Å². The van der Waals surface area contributed by atoms with E-state index in [1.807, 2.05) is 0 Å². The van der Waals surface area contributed by atoms with E-state index >= 15 is 0 Å². The van der Waals surface area contributed by atoms with Crippen molar-refractivity contribution in [2.75, 3.05) is 19.7 Å². The van der Waals surface area contributed by atoms with Crippen molar-refractivity contribution in [1.82, 2.24) is 4.90 Å². The summed E-state index contributed by atoms with van der Waals surface area (Å²) in [5.74, 6) is -0.478. The normalized spacial score (nSPS) is 16.5. The number of hydrogen-bond donors (Lipinski definition) is 1. The first-order chi connectivity index (χ1) is 9.08.